The lowest BCUT2D eigenvalue weighted by atomic mass is 9.84. The molecule has 5 rings (SSSR count). The fourth-order valence-electron chi connectivity index (χ4n) is 5.58. The summed E-state index contributed by atoms with van der Waals surface area (Å²) in [6.07, 6.45) is 5.50. The minimum absolute atomic E-state index is 0.0611. The normalized spacial score (nSPS) is 20.9. The predicted octanol–water partition coefficient (Wildman–Crippen LogP) is 5.06. The molecular weight excluding hydrogens is 609 g/mol. The Kier molecular flexibility index (Phi) is 11.3. The lowest BCUT2D eigenvalue weighted by molar-refractivity contribution is -0.138. The van der Waals surface area contributed by atoms with Gasteiger partial charge < -0.3 is 20.9 Å². The zero-order valence-corrected chi connectivity index (χ0v) is 27.6. The number of hydrogen-bond donors (Lipinski definition) is 3. The Morgan fingerprint density at radius 3 is 2.22 bits per heavy atom. The van der Waals surface area contributed by atoms with Crippen LogP contribution in [0.2, 0.25) is 0 Å². The topological polar surface area (TPSA) is 133 Å². The molecule has 240 valence electrons. The highest BCUT2D eigenvalue weighted by Crippen LogP contribution is 2.29. The second-order valence-electron chi connectivity index (χ2n) is 12.3. The minimum Gasteiger partial charge on any atom is -0.351 e. The average molecular weight is 651 g/mol. The van der Waals surface area contributed by atoms with Gasteiger partial charge in [-0.2, -0.15) is 0 Å². The molecule has 1 aliphatic carbocycles. The number of benzene rings is 1. The first-order chi connectivity index (χ1) is 21.8. The molecule has 4 amide bonds. The number of nitrogens with zero attached hydrogens (tertiary/aromatic N) is 3. The number of aromatic nitrogens is 2. The van der Waals surface area contributed by atoms with E-state index in [1.165, 1.54) is 22.7 Å². The summed E-state index contributed by atoms with van der Waals surface area (Å²) in [6.45, 7) is 5.58. The van der Waals surface area contributed by atoms with E-state index < -0.39 is 6.04 Å². The van der Waals surface area contributed by atoms with Crippen LogP contribution in [0.1, 0.15) is 107 Å². The number of fused-ring (bicyclic) bond motifs is 4. The van der Waals surface area contributed by atoms with Crippen molar-refractivity contribution in [1.82, 2.24) is 30.8 Å². The van der Waals surface area contributed by atoms with Crippen molar-refractivity contribution in [2.75, 3.05) is 19.6 Å². The van der Waals surface area contributed by atoms with Crippen LogP contribution in [-0.4, -0.2) is 58.1 Å². The van der Waals surface area contributed by atoms with Crippen LogP contribution >= 0.6 is 22.7 Å². The number of hydrogen-bond acceptors (Lipinski definition) is 8. The van der Waals surface area contributed by atoms with Gasteiger partial charge in [-0.3, -0.25) is 19.2 Å². The first-order valence-corrected chi connectivity index (χ1v) is 17.6. The number of carbonyl (C=O) groups excluding carboxylic acids is 4. The SMILES string of the molecule is CC(C)C[C@@H]1NC(=O)CCCN(C(=O)C2CCC2)CCCNC(=O)c2csc(n2)[C@H](Cc2ccccc2)NC(=O)c2csc1n2. The van der Waals surface area contributed by atoms with Crippen LogP contribution in [0.25, 0.3) is 0 Å². The van der Waals surface area contributed by atoms with Gasteiger partial charge in [-0.1, -0.05) is 50.6 Å². The summed E-state index contributed by atoms with van der Waals surface area (Å²) in [5.74, 6) is -0.222. The summed E-state index contributed by atoms with van der Waals surface area (Å²) in [7, 11) is 0. The summed E-state index contributed by atoms with van der Waals surface area (Å²) < 4.78 is 0. The maximum Gasteiger partial charge on any atom is 0.271 e. The van der Waals surface area contributed by atoms with Gasteiger partial charge >= 0.3 is 0 Å². The Morgan fingerprint density at radius 2 is 1.56 bits per heavy atom. The maximum absolute atomic E-state index is 13.5. The van der Waals surface area contributed by atoms with Crippen LogP contribution in [0.5, 0.6) is 0 Å². The number of rotatable bonds is 5. The van der Waals surface area contributed by atoms with Gasteiger partial charge in [0.05, 0.1) is 12.1 Å². The molecule has 4 bridgehead atoms. The van der Waals surface area contributed by atoms with E-state index in [1.807, 2.05) is 35.2 Å². The molecule has 10 nitrogen and oxygen atoms in total. The molecule has 2 aromatic heterocycles. The van der Waals surface area contributed by atoms with Crippen molar-refractivity contribution < 1.29 is 19.2 Å². The highest BCUT2D eigenvalue weighted by atomic mass is 32.1. The fourth-order valence-corrected chi connectivity index (χ4v) is 7.30. The lowest BCUT2D eigenvalue weighted by Crippen LogP contribution is -2.41. The monoisotopic (exact) mass is 650 g/mol. The molecule has 1 saturated carbocycles. The molecule has 1 aromatic carbocycles. The van der Waals surface area contributed by atoms with Gasteiger partial charge in [-0.15, -0.1) is 22.7 Å². The molecule has 12 heteroatoms. The second-order valence-corrected chi connectivity index (χ2v) is 14.1. The number of nitrogens with one attached hydrogen (secondary N) is 3. The maximum atomic E-state index is 13.5. The third-order valence-corrected chi connectivity index (χ3v) is 10.1. The Balaban J connectivity index is 1.40. The Morgan fingerprint density at radius 1 is 0.889 bits per heavy atom. The van der Waals surface area contributed by atoms with E-state index in [1.54, 1.807) is 10.8 Å². The molecule has 0 unspecified atom stereocenters. The van der Waals surface area contributed by atoms with Crippen molar-refractivity contribution >= 4 is 46.3 Å². The van der Waals surface area contributed by atoms with Crippen LogP contribution in [0, 0.1) is 11.8 Å². The molecule has 3 heterocycles. The Hall–Kier alpha value is -3.64. The van der Waals surface area contributed by atoms with Crippen molar-refractivity contribution in [3.05, 3.63) is 68.1 Å². The summed E-state index contributed by atoms with van der Waals surface area (Å²) in [6, 6.07) is 9.03. The van der Waals surface area contributed by atoms with Crippen molar-refractivity contribution in [2.45, 2.75) is 77.3 Å². The van der Waals surface area contributed by atoms with E-state index in [0.717, 1.165) is 24.8 Å². The van der Waals surface area contributed by atoms with Gasteiger partial charge in [0.25, 0.3) is 11.8 Å². The zero-order chi connectivity index (χ0) is 31.8. The highest BCUT2D eigenvalue weighted by Gasteiger charge is 2.30. The smallest absolute Gasteiger partial charge is 0.271 e. The first kappa shape index (κ1) is 32.7. The van der Waals surface area contributed by atoms with E-state index in [9.17, 15) is 19.2 Å². The molecular formula is C33H42N6O4S2. The van der Waals surface area contributed by atoms with Crippen LogP contribution in [0.15, 0.2) is 41.1 Å². The largest absolute Gasteiger partial charge is 0.351 e. The van der Waals surface area contributed by atoms with E-state index in [0.29, 0.717) is 66.9 Å². The van der Waals surface area contributed by atoms with Gasteiger partial charge in [0.1, 0.15) is 21.4 Å². The van der Waals surface area contributed by atoms with Crippen LogP contribution in [0.3, 0.4) is 0 Å². The average Bonchev–Trinajstić information content (AvgIpc) is 3.68. The third-order valence-electron chi connectivity index (χ3n) is 8.22. The number of carbonyl (C=O) groups is 4. The lowest BCUT2D eigenvalue weighted by Gasteiger charge is -2.32. The van der Waals surface area contributed by atoms with Gasteiger partial charge in [-0.25, -0.2) is 9.97 Å². The van der Waals surface area contributed by atoms with Crippen LogP contribution < -0.4 is 16.0 Å². The summed E-state index contributed by atoms with van der Waals surface area (Å²) >= 11 is 2.69. The molecule has 0 radical (unpaired) electrons. The number of amides is 4. The second kappa shape index (κ2) is 15.6. The van der Waals surface area contributed by atoms with Crippen LogP contribution in [0.4, 0.5) is 0 Å². The van der Waals surface area contributed by atoms with E-state index in [4.69, 9.17) is 0 Å². The Labute approximate surface area is 272 Å². The van der Waals surface area contributed by atoms with Gasteiger partial charge in [0, 0.05) is 42.7 Å². The van der Waals surface area contributed by atoms with Gasteiger partial charge in [0.15, 0.2) is 0 Å². The zero-order valence-electron chi connectivity index (χ0n) is 25.9. The van der Waals surface area contributed by atoms with Crippen molar-refractivity contribution in [1.29, 1.82) is 0 Å². The van der Waals surface area contributed by atoms with E-state index in [-0.39, 0.29) is 47.7 Å². The summed E-state index contributed by atoms with van der Waals surface area (Å²) in [5.41, 5.74) is 1.60. The molecule has 3 N–H and O–H groups in total. The predicted molar refractivity (Wildman–Crippen MR) is 175 cm³/mol. The van der Waals surface area contributed by atoms with Crippen LogP contribution in [-0.2, 0) is 16.0 Å². The molecule has 1 fully saturated rings. The standard InChI is InChI=1S/C33H42N6O4S2/c1-21(2)17-24-31-38-27(20-45-31)30(42)36-25(18-22-9-4-3-5-10-22)32-37-26(19-44-32)29(41)34-14-8-16-39(15-7-13-28(40)35-24)33(43)23-11-6-12-23/h3-5,9-10,19-21,23-25H,6-8,11-18H2,1-2H3,(H,34,41)(H,35,40)(H,36,42)/t24-,25-/m0/s1. The number of thiazole rings is 2. The highest BCUT2D eigenvalue weighted by molar-refractivity contribution is 7.10. The summed E-state index contributed by atoms with van der Waals surface area (Å²) in [5, 5.41) is 13.9. The van der Waals surface area contributed by atoms with Gasteiger partial charge in [0.2, 0.25) is 11.8 Å². The molecule has 1 aliphatic heterocycles. The van der Waals surface area contributed by atoms with E-state index in [2.05, 4.69) is 39.8 Å². The van der Waals surface area contributed by atoms with E-state index >= 15 is 0 Å². The molecule has 45 heavy (non-hydrogen) atoms. The van der Waals surface area contributed by atoms with Crippen molar-refractivity contribution in [2.24, 2.45) is 11.8 Å². The quantitative estimate of drug-likeness (QED) is 0.354. The fraction of sp³-hybridized carbons (Fsp3) is 0.515. The molecule has 2 atom stereocenters. The molecule has 0 saturated heterocycles. The van der Waals surface area contributed by atoms with Gasteiger partial charge in [-0.05, 0) is 50.0 Å². The van der Waals surface area contributed by atoms with Crippen molar-refractivity contribution in [3.63, 3.8) is 0 Å². The summed E-state index contributed by atoms with van der Waals surface area (Å²) in [4.78, 5) is 63.9. The van der Waals surface area contributed by atoms with Crippen molar-refractivity contribution in [3.8, 4) is 0 Å². The molecule has 2 aliphatic rings. The molecule has 3 aromatic rings. The Bertz CT molecular complexity index is 1470. The minimum atomic E-state index is -0.469. The first-order valence-electron chi connectivity index (χ1n) is 15.9. The molecule has 0 spiro atoms. The third kappa shape index (κ3) is 8.97.